The fraction of sp³-hybridized carbons (Fsp3) is 0.556. The molecule has 2 aliphatic rings. The highest BCUT2D eigenvalue weighted by atomic mass is 35.5. The van der Waals surface area contributed by atoms with Crippen LogP contribution in [-0.2, 0) is 9.59 Å². The second-order valence-electron chi connectivity index (χ2n) is 6.81. The molecular formula is C18H26ClN3O2. The lowest BCUT2D eigenvalue weighted by Gasteiger charge is -2.27. The van der Waals surface area contributed by atoms with Crippen molar-refractivity contribution in [3.8, 4) is 0 Å². The topological polar surface area (TPSA) is 84.2 Å². The number of anilines is 2. The third-order valence-electron chi connectivity index (χ3n) is 4.78. The van der Waals surface area contributed by atoms with E-state index in [1.807, 2.05) is 18.2 Å². The van der Waals surface area contributed by atoms with Gasteiger partial charge in [0.2, 0.25) is 11.8 Å². The zero-order valence-corrected chi connectivity index (χ0v) is 14.6. The minimum absolute atomic E-state index is 0. The maximum Gasteiger partial charge on any atom is 0.227 e. The molecule has 0 aromatic heterocycles. The monoisotopic (exact) mass is 351 g/mol. The Morgan fingerprint density at radius 2 is 1.71 bits per heavy atom. The molecule has 0 aliphatic heterocycles. The van der Waals surface area contributed by atoms with Crippen LogP contribution < -0.4 is 16.4 Å². The molecule has 4 N–H and O–H groups in total. The van der Waals surface area contributed by atoms with Gasteiger partial charge in [-0.3, -0.25) is 9.59 Å². The first-order chi connectivity index (χ1) is 11.1. The second kappa shape index (κ2) is 8.49. The molecule has 3 rings (SSSR count). The van der Waals surface area contributed by atoms with E-state index in [-0.39, 0.29) is 42.1 Å². The van der Waals surface area contributed by atoms with E-state index in [1.165, 1.54) is 6.42 Å². The third kappa shape index (κ3) is 5.21. The lowest BCUT2D eigenvalue weighted by Crippen LogP contribution is -2.35. The fourth-order valence-electron chi connectivity index (χ4n) is 3.20. The first-order valence-corrected chi connectivity index (χ1v) is 8.58. The van der Waals surface area contributed by atoms with E-state index < -0.39 is 0 Å². The van der Waals surface area contributed by atoms with Crippen molar-refractivity contribution >= 4 is 35.6 Å². The summed E-state index contributed by atoms with van der Waals surface area (Å²) in [5.41, 5.74) is 7.55. The molecule has 2 aliphatic carbocycles. The molecular weight excluding hydrogens is 326 g/mol. The van der Waals surface area contributed by atoms with Crippen LogP contribution in [0.4, 0.5) is 11.4 Å². The lowest BCUT2D eigenvalue weighted by molar-refractivity contribution is -0.118. The smallest absolute Gasteiger partial charge is 0.227 e. The van der Waals surface area contributed by atoms with Crippen molar-refractivity contribution < 1.29 is 9.59 Å². The predicted octanol–water partition coefficient (Wildman–Crippen LogP) is 3.30. The molecule has 0 radical (unpaired) electrons. The highest BCUT2D eigenvalue weighted by Crippen LogP contribution is 2.30. The number of amides is 2. The highest BCUT2D eigenvalue weighted by Gasteiger charge is 2.29. The van der Waals surface area contributed by atoms with Crippen molar-refractivity contribution in [1.29, 1.82) is 0 Å². The summed E-state index contributed by atoms with van der Waals surface area (Å²) in [6.45, 7) is 0. The molecule has 0 heterocycles. The molecule has 2 amide bonds. The number of nitrogens with one attached hydrogen (secondary N) is 2. The van der Waals surface area contributed by atoms with E-state index in [9.17, 15) is 9.59 Å². The Hall–Kier alpha value is -1.59. The number of hydrogen-bond donors (Lipinski definition) is 3. The summed E-state index contributed by atoms with van der Waals surface area (Å²) in [7, 11) is 0. The molecule has 0 spiro atoms. The number of carbonyl (C=O) groups excluding carboxylic acids is 2. The predicted molar refractivity (Wildman–Crippen MR) is 98.2 cm³/mol. The first kappa shape index (κ1) is 18.7. The summed E-state index contributed by atoms with van der Waals surface area (Å²) in [6, 6.07) is 7.46. The van der Waals surface area contributed by atoms with E-state index >= 15 is 0 Å². The molecule has 2 fully saturated rings. The Balaban J connectivity index is 0.00000208. The van der Waals surface area contributed by atoms with Gasteiger partial charge in [0.05, 0.1) is 0 Å². The fourth-order valence-corrected chi connectivity index (χ4v) is 3.20. The van der Waals surface area contributed by atoms with Crippen LogP contribution in [0.15, 0.2) is 24.3 Å². The summed E-state index contributed by atoms with van der Waals surface area (Å²) in [5.74, 6) is 0.516. The molecule has 2 saturated carbocycles. The molecule has 6 heteroatoms. The quantitative estimate of drug-likeness (QED) is 0.760. The SMILES string of the molecule is Cl.NC1CCCCC1CC(=O)Nc1cccc(NC(=O)C2CC2)c1. The van der Waals surface area contributed by atoms with Crippen LogP contribution >= 0.6 is 12.4 Å². The molecule has 2 unspecified atom stereocenters. The Bertz CT molecular complexity index is 589. The number of hydrogen-bond acceptors (Lipinski definition) is 3. The van der Waals surface area contributed by atoms with Crippen molar-refractivity contribution in [3.05, 3.63) is 24.3 Å². The minimum atomic E-state index is -0.00183. The van der Waals surface area contributed by atoms with Gasteiger partial charge < -0.3 is 16.4 Å². The molecule has 1 aromatic carbocycles. The van der Waals surface area contributed by atoms with Gasteiger partial charge in [-0.2, -0.15) is 0 Å². The van der Waals surface area contributed by atoms with Gasteiger partial charge in [0.1, 0.15) is 0 Å². The molecule has 5 nitrogen and oxygen atoms in total. The molecule has 1 aromatic rings. The van der Waals surface area contributed by atoms with Gasteiger partial charge in [0.25, 0.3) is 0 Å². The van der Waals surface area contributed by atoms with E-state index in [0.717, 1.165) is 37.8 Å². The summed E-state index contributed by atoms with van der Waals surface area (Å²) < 4.78 is 0. The highest BCUT2D eigenvalue weighted by molar-refractivity contribution is 5.96. The van der Waals surface area contributed by atoms with Crippen LogP contribution in [0.1, 0.15) is 44.9 Å². The van der Waals surface area contributed by atoms with Crippen LogP contribution in [0.5, 0.6) is 0 Å². The van der Waals surface area contributed by atoms with Crippen LogP contribution in [0.25, 0.3) is 0 Å². The molecule has 24 heavy (non-hydrogen) atoms. The maximum atomic E-state index is 12.2. The number of rotatable bonds is 5. The zero-order valence-electron chi connectivity index (χ0n) is 13.8. The van der Waals surface area contributed by atoms with Crippen LogP contribution in [0, 0.1) is 11.8 Å². The molecule has 132 valence electrons. The van der Waals surface area contributed by atoms with Gasteiger partial charge in [0.15, 0.2) is 0 Å². The lowest BCUT2D eigenvalue weighted by atomic mass is 9.83. The van der Waals surface area contributed by atoms with Crippen molar-refractivity contribution in [1.82, 2.24) is 0 Å². The normalized spacial score (nSPS) is 23.0. The summed E-state index contributed by atoms with van der Waals surface area (Å²) in [5, 5.41) is 5.82. The number of nitrogens with two attached hydrogens (primary N) is 1. The second-order valence-corrected chi connectivity index (χ2v) is 6.81. The van der Waals surface area contributed by atoms with Crippen LogP contribution in [0.2, 0.25) is 0 Å². The van der Waals surface area contributed by atoms with Crippen molar-refractivity contribution in [2.75, 3.05) is 10.6 Å². The van der Waals surface area contributed by atoms with E-state index in [0.29, 0.717) is 12.1 Å². The Morgan fingerprint density at radius 3 is 2.38 bits per heavy atom. The van der Waals surface area contributed by atoms with Crippen molar-refractivity contribution in [3.63, 3.8) is 0 Å². The largest absolute Gasteiger partial charge is 0.327 e. The van der Waals surface area contributed by atoms with Crippen LogP contribution in [0.3, 0.4) is 0 Å². The van der Waals surface area contributed by atoms with E-state index in [2.05, 4.69) is 10.6 Å². The van der Waals surface area contributed by atoms with Gasteiger partial charge in [-0.05, 0) is 49.8 Å². The summed E-state index contributed by atoms with van der Waals surface area (Å²) >= 11 is 0. The maximum absolute atomic E-state index is 12.2. The number of halogens is 1. The number of carbonyl (C=O) groups is 2. The van der Waals surface area contributed by atoms with Gasteiger partial charge in [-0.15, -0.1) is 12.4 Å². The molecule has 2 atom stereocenters. The van der Waals surface area contributed by atoms with Gasteiger partial charge in [-0.1, -0.05) is 18.9 Å². The molecule has 0 bridgehead atoms. The summed E-state index contributed by atoms with van der Waals surface area (Å²) in [4.78, 5) is 24.0. The zero-order chi connectivity index (χ0) is 16.2. The average molecular weight is 352 g/mol. The van der Waals surface area contributed by atoms with Crippen molar-refractivity contribution in [2.24, 2.45) is 17.6 Å². The Labute approximate surface area is 149 Å². The third-order valence-corrected chi connectivity index (χ3v) is 4.78. The van der Waals surface area contributed by atoms with E-state index in [4.69, 9.17) is 5.73 Å². The Morgan fingerprint density at radius 1 is 1.04 bits per heavy atom. The van der Waals surface area contributed by atoms with Crippen LogP contribution in [-0.4, -0.2) is 17.9 Å². The molecule has 0 saturated heterocycles. The first-order valence-electron chi connectivity index (χ1n) is 8.58. The number of benzene rings is 1. The van der Waals surface area contributed by atoms with Gasteiger partial charge >= 0.3 is 0 Å². The Kier molecular flexibility index (Phi) is 6.63. The average Bonchev–Trinajstić information content (AvgIpc) is 3.35. The van der Waals surface area contributed by atoms with Gasteiger partial charge in [0, 0.05) is 29.8 Å². The standard InChI is InChI=1S/C18H25N3O2.ClH/c19-16-7-2-1-4-13(16)10-17(22)20-14-5-3-6-15(11-14)21-18(23)12-8-9-12;/h3,5-6,11-13,16H,1-2,4,7-10,19H2,(H,20,22)(H,21,23);1H. The summed E-state index contributed by atoms with van der Waals surface area (Å²) in [6.07, 6.45) is 6.80. The minimum Gasteiger partial charge on any atom is -0.327 e. The van der Waals surface area contributed by atoms with Gasteiger partial charge in [-0.25, -0.2) is 0 Å². The van der Waals surface area contributed by atoms with E-state index in [1.54, 1.807) is 6.07 Å². The van der Waals surface area contributed by atoms with Crippen molar-refractivity contribution in [2.45, 2.75) is 51.0 Å².